The summed E-state index contributed by atoms with van der Waals surface area (Å²) in [5.74, 6) is 0.267. The number of carbonyl (C=O) groups is 2. The molecule has 0 bridgehead atoms. The molecule has 0 fully saturated rings. The van der Waals surface area contributed by atoms with E-state index < -0.39 is 0 Å². The molecule has 0 saturated heterocycles. The van der Waals surface area contributed by atoms with Crippen LogP contribution in [-0.4, -0.2) is 25.0 Å². The summed E-state index contributed by atoms with van der Waals surface area (Å²) in [7, 11) is 0. The maximum absolute atomic E-state index is 12.4. The molecule has 0 aliphatic rings. The fourth-order valence-electron chi connectivity index (χ4n) is 2.23. The number of rotatable bonds is 6. The summed E-state index contributed by atoms with van der Waals surface area (Å²) in [5, 5.41) is 5.53. The molecule has 5 nitrogen and oxygen atoms in total. The Hall–Kier alpha value is -2.82. The van der Waals surface area contributed by atoms with Gasteiger partial charge in [-0.25, -0.2) is 0 Å². The summed E-state index contributed by atoms with van der Waals surface area (Å²) in [6.45, 7) is 6.31. The van der Waals surface area contributed by atoms with Gasteiger partial charge in [-0.1, -0.05) is 12.1 Å². The van der Waals surface area contributed by atoms with Crippen molar-refractivity contribution in [1.82, 2.24) is 5.32 Å². The topological polar surface area (TPSA) is 67.4 Å². The highest BCUT2D eigenvalue weighted by Crippen LogP contribution is 2.18. The van der Waals surface area contributed by atoms with Gasteiger partial charge in [-0.15, -0.1) is 0 Å². The van der Waals surface area contributed by atoms with Crippen molar-refractivity contribution in [2.75, 3.05) is 18.5 Å². The van der Waals surface area contributed by atoms with E-state index in [1.54, 1.807) is 24.3 Å². The van der Waals surface area contributed by atoms with Gasteiger partial charge in [-0.3, -0.25) is 9.59 Å². The van der Waals surface area contributed by atoms with Crippen LogP contribution >= 0.6 is 0 Å². The predicted molar refractivity (Wildman–Crippen MR) is 94.5 cm³/mol. The lowest BCUT2D eigenvalue weighted by Gasteiger charge is -2.10. The molecule has 2 aromatic rings. The largest absolute Gasteiger partial charge is 0.484 e. The van der Waals surface area contributed by atoms with Crippen LogP contribution in [0, 0.1) is 13.8 Å². The molecule has 2 N–H and O–H groups in total. The number of ether oxygens (including phenoxy) is 1. The van der Waals surface area contributed by atoms with Crippen LogP contribution in [0.3, 0.4) is 0 Å². The van der Waals surface area contributed by atoms with E-state index in [0.717, 1.165) is 11.1 Å². The number of nitrogens with one attached hydrogen (secondary N) is 2. The average Bonchev–Trinajstić information content (AvgIpc) is 2.57. The summed E-state index contributed by atoms with van der Waals surface area (Å²) in [4.78, 5) is 23.7. The fourth-order valence-corrected chi connectivity index (χ4v) is 2.23. The molecule has 0 aliphatic carbocycles. The molecule has 2 aromatic carbocycles. The molecule has 0 aliphatic heterocycles. The second kappa shape index (κ2) is 8.15. The van der Waals surface area contributed by atoms with Crippen molar-refractivity contribution < 1.29 is 14.3 Å². The van der Waals surface area contributed by atoms with Crippen LogP contribution in [0.4, 0.5) is 5.69 Å². The molecule has 0 spiro atoms. The molecule has 0 saturated carbocycles. The molecule has 5 heteroatoms. The SMILES string of the molecule is CCNC(=O)COc1ccc(NC(=O)c2cccc(C)c2C)cc1. The van der Waals surface area contributed by atoms with Crippen LogP contribution in [-0.2, 0) is 4.79 Å². The lowest BCUT2D eigenvalue weighted by Crippen LogP contribution is -2.28. The smallest absolute Gasteiger partial charge is 0.257 e. The highest BCUT2D eigenvalue weighted by molar-refractivity contribution is 6.05. The number of anilines is 1. The second-order valence-electron chi connectivity index (χ2n) is 5.47. The maximum Gasteiger partial charge on any atom is 0.257 e. The van der Waals surface area contributed by atoms with Gasteiger partial charge in [-0.2, -0.15) is 0 Å². The molecule has 0 atom stereocenters. The number of likely N-dealkylation sites (N-methyl/N-ethyl adjacent to an activating group) is 1. The number of benzene rings is 2. The summed E-state index contributed by atoms with van der Waals surface area (Å²) in [6, 6.07) is 12.6. The number of amides is 2. The maximum atomic E-state index is 12.4. The van der Waals surface area contributed by atoms with Gasteiger partial charge in [0.15, 0.2) is 6.61 Å². The zero-order valence-corrected chi connectivity index (χ0v) is 14.2. The van der Waals surface area contributed by atoms with Crippen LogP contribution in [0.15, 0.2) is 42.5 Å². The first-order valence-corrected chi connectivity index (χ1v) is 7.88. The standard InChI is InChI=1S/C19H22N2O3/c1-4-20-18(22)12-24-16-10-8-15(9-11-16)21-19(23)17-7-5-6-13(2)14(17)3/h5-11H,4,12H2,1-3H3,(H,20,22)(H,21,23). The first kappa shape index (κ1) is 17.5. The third-order valence-corrected chi connectivity index (χ3v) is 3.71. The summed E-state index contributed by atoms with van der Waals surface area (Å²) in [5.41, 5.74) is 3.38. The van der Waals surface area contributed by atoms with Crippen LogP contribution < -0.4 is 15.4 Å². The van der Waals surface area contributed by atoms with E-state index in [2.05, 4.69) is 10.6 Å². The third kappa shape index (κ3) is 4.59. The van der Waals surface area contributed by atoms with Gasteiger partial charge < -0.3 is 15.4 Å². The van der Waals surface area contributed by atoms with Crippen molar-refractivity contribution in [3.05, 3.63) is 59.2 Å². The van der Waals surface area contributed by atoms with Crippen LogP contribution in [0.5, 0.6) is 5.75 Å². The lowest BCUT2D eigenvalue weighted by molar-refractivity contribution is -0.122. The van der Waals surface area contributed by atoms with E-state index in [0.29, 0.717) is 23.5 Å². The Morgan fingerprint density at radius 3 is 2.42 bits per heavy atom. The van der Waals surface area contributed by atoms with Crippen molar-refractivity contribution in [1.29, 1.82) is 0 Å². The molecule has 24 heavy (non-hydrogen) atoms. The van der Waals surface area contributed by atoms with Crippen molar-refractivity contribution >= 4 is 17.5 Å². The van der Waals surface area contributed by atoms with Gasteiger partial charge in [0.05, 0.1) is 0 Å². The summed E-state index contributed by atoms with van der Waals surface area (Å²) < 4.78 is 5.38. The van der Waals surface area contributed by atoms with Crippen molar-refractivity contribution in [3.63, 3.8) is 0 Å². The van der Waals surface area contributed by atoms with Gasteiger partial charge in [0.2, 0.25) is 0 Å². The van der Waals surface area contributed by atoms with E-state index in [9.17, 15) is 9.59 Å². The van der Waals surface area contributed by atoms with E-state index in [1.165, 1.54) is 0 Å². The molecule has 2 rings (SSSR count). The molecule has 126 valence electrons. The third-order valence-electron chi connectivity index (χ3n) is 3.71. The van der Waals surface area contributed by atoms with Gasteiger partial charge in [0.1, 0.15) is 5.75 Å². The van der Waals surface area contributed by atoms with Crippen molar-refractivity contribution in [2.45, 2.75) is 20.8 Å². The Morgan fingerprint density at radius 1 is 1.04 bits per heavy atom. The second-order valence-corrected chi connectivity index (χ2v) is 5.47. The van der Waals surface area contributed by atoms with E-state index in [4.69, 9.17) is 4.74 Å². The normalized spacial score (nSPS) is 10.1. The zero-order valence-electron chi connectivity index (χ0n) is 14.2. The Balaban J connectivity index is 1.97. The average molecular weight is 326 g/mol. The predicted octanol–water partition coefficient (Wildman–Crippen LogP) is 3.07. The van der Waals surface area contributed by atoms with Gasteiger partial charge >= 0.3 is 0 Å². The number of carbonyl (C=O) groups excluding carboxylic acids is 2. The summed E-state index contributed by atoms with van der Waals surface area (Å²) in [6.07, 6.45) is 0. The minimum atomic E-state index is -0.162. The molecule has 0 unspecified atom stereocenters. The van der Waals surface area contributed by atoms with E-state index in [1.807, 2.05) is 39.0 Å². The van der Waals surface area contributed by atoms with Gasteiger partial charge in [0.25, 0.3) is 11.8 Å². The van der Waals surface area contributed by atoms with Crippen molar-refractivity contribution in [2.24, 2.45) is 0 Å². The Kier molecular flexibility index (Phi) is 5.95. The number of hydrogen-bond acceptors (Lipinski definition) is 3. The first-order valence-electron chi connectivity index (χ1n) is 7.88. The lowest BCUT2D eigenvalue weighted by atomic mass is 10.0. The Morgan fingerprint density at radius 2 is 1.75 bits per heavy atom. The quantitative estimate of drug-likeness (QED) is 0.857. The molecule has 2 amide bonds. The highest BCUT2D eigenvalue weighted by Gasteiger charge is 2.10. The Labute approximate surface area is 142 Å². The first-order chi connectivity index (χ1) is 11.5. The Bertz CT molecular complexity index is 724. The molecular formula is C19H22N2O3. The van der Waals surface area contributed by atoms with Crippen LogP contribution in [0.2, 0.25) is 0 Å². The zero-order chi connectivity index (χ0) is 17.5. The van der Waals surface area contributed by atoms with E-state index in [-0.39, 0.29) is 18.4 Å². The number of hydrogen-bond donors (Lipinski definition) is 2. The fraction of sp³-hybridized carbons (Fsp3) is 0.263. The van der Waals surface area contributed by atoms with Gasteiger partial charge in [0, 0.05) is 17.8 Å². The summed E-state index contributed by atoms with van der Waals surface area (Å²) >= 11 is 0. The molecule has 0 aromatic heterocycles. The molecule has 0 radical (unpaired) electrons. The minimum Gasteiger partial charge on any atom is -0.484 e. The highest BCUT2D eigenvalue weighted by atomic mass is 16.5. The molecule has 0 heterocycles. The monoisotopic (exact) mass is 326 g/mol. The minimum absolute atomic E-state index is 0.0258. The number of aryl methyl sites for hydroxylation is 1. The van der Waals surface area contributed by atoms with Crippen LogP contribution in [0.1, 0.15) is 28.4 Å². The van der Waals surface area contributed by atoms with Crippen molar-refractivity contribution in [3.8, 4) is 5.75 Å². The molecular weight excluding hydrogens is 304 g/mol. The van der Waals surface area contributed by atoms with Crippen LogP contribution in [0.25, 0.3) is 0 Å². The van der Waals surface area contributed by atoms with Gasteiger partial charge in [-0.05, 0) is 62.2 Å². The van der Waals surface area contributed by atoms with E-state index >= 15 is 0 Å².